The van der Waals surface area contributed by atoms with Gasteiger partial charge in [0, 0.05) is 11.4 Å². The number of nitrogens with zero attached hydrogens (tertiary/aromatic N) is 2. The predicted molar refractivity (Wildman–Crippen MR) is 128 cm³/mol. The molecule has 2 aromatic carbocycles. The van der Waals surface area contributed by atoms with Crippen molar-refractivity contribution in [3.05, 3.63) is 70.7 Å². The van der Waals surface area contributed by atoms with Gasteiger partial charge in [-0.25, -0.2) is 9.78 Å². The summed E-state index contributed by atoms with van der Waals surface area (Å²) in [5.74, 6) is 0.527. The Hall–Kier alpha value is -3.39. The molecular weight excluding hydrogens is 440 g/mol. The monoisotopic (exact) mass is 468 g/mol. The van der Waals surface area contributed by atoms with Gasteiger partial charge in [0.2, 0.25) is 0 Å². The Kier molecular flexibility index (Phi) is 8.43. The Balaban J connectivity index is 1.83. The highest BCUT2D eigenvalue weighted by atomic mass is 32.1. The van der Waals surface area contributed by atoms with Crippen LogP contribution in [0.4, 0.5) is 5.13 Å². The molecule has 0 fully saturated rings. The van der Waals surface area contributed by atoms with E-state index < -0.39 is 12.1 Å². The van der Waals surface area contributed by atoms with Crippen molar-refractivity contribution in [2.45, 2.75) is 33.3 Å². The largest absolute Gasteiger partial charge is 0.497 e. The average Bonchev–Trinajstić information content (AvgIpc) is 3.21. The van der Waals surface area contributed by atoms with Crippen LogP contribution in [-0.4, -0.2) is 43.2 Å². The lowest BCUT2D eigenvalue weighted by atomic mass is 10.1. The molecule has 0 aliphatic rings. The highest BCUT2D eigenvalue weighted by Gasteiger charge is 2.28. The fraction of sp³-hybridized carbons (Fsp3) is 0.320. The number of carbonyl (C=O) groups excluding carboxylic acids is 2. The predicted octanol–water partition coefficient (Wildman–Crippen LogP) is 4.68. The summed E-state index contributed by atoms with van der Waals surface area (Å²) in [6, 6.07) is 16.9. The van der Waals surface area contributed by atoms with Crippen molar-refractivity contribution in [1.82, 2.24) is 4.98 Å². The third-order valence-electron chi connectivity index (χ3n) is 4.94. The molecule has 0 aliphatic carbocycles. The number of hydrogen-bond acceptors (Lipinski definition) is 7. The quantitative estimate of drug-likeness (QED) is 0.402. The van der Waals surface area contributed by atoms with Crippen molar-refractivity contribution >= 4 is 28.3 Å². The summed E-state index contributed by atoms with van der Waals surface area (Å²) in [5, 5.41) is 0.446. The number of rotatable bonds is 10. The van der Waals surface area contributed by atoms with Crippen molar-refractivity contribution in [1.29, 1.82) is 0 Å². The van der Waals surface area contributed by atoms with Crippen molar-refractivity contribution in [3.63, 3.8) is 0 Å². The number of aromatic nitrogens is 1. The van der Waals surface area contributed by atoms with E-state index in [0.29, 0.717) is 34.5 Å². The molecule has 7 nitrogen and oxygen atoms in total. The van der Waals surface area contributed by atoms with E-state index in [-0.39, 0.29) is 18.2 Å². The number of amides is 1. The number of carbonyl (C=O) groups is 2. The van der Waals surface area contributed by atoms with Gasteiger partial charge in [-0.1, -0.05) is 30.3 Å². The SMILES string of the molecule is CCOC(=O)c1nc(N(CCc2ccccc2)C(=O)C(C)Oc2ccc(OC)cc2)sc1C. The summed E-state index contributed by atoms with van der Waals surface area (Å²) in [6.45, 7) is 5.90. The standard InChI is InChI=1S/C25H28N2O5S/c1-5-31-24(29)22-18(3)33-25(26-22)27(16-15-19-9-7-6-8-10-19)23(28)17(2)32-21-13-11-20(30-4)12-14-21/h6-14,17H,5,15-16H2,1-4H3. The van der Waals surface area contributed by atoms with E-state index in [1.165, 1.54) is 11.3 Å². The minimum atomic E-state index is -0.760. The van der Waals surface area contributed by atoms with Gasteiger partial charge in [0.25, 0.3) is 5.91 Å². The summed E-state index contributed by atoms with van der Waals surface area (Å²) in [6.07, 6.45) is -0.126. The van der Waals surface area contributed by atoms with Gasteiger partial charge in [0.05, 0.1) is 13.7 Å². The first-order valence-electron chi connectivity index (χ1n) is 10.7. The van der Waals surface area contributed by atoms with Crippen molar-refractivity contribution in [2.75, 3.05) is 25.2 Å². The molecule has 0 spiro atoms. The summed E-state index contributed by atoms with van der Waals surface area (Å²) in [7, 11) is 1.59. The zero-order valence-corrected chi connectivity index (χ0v) is 20.1. The topological polar surface area (TPSA) is 78.0 Å². The lowest BCUT2D eigenvalue weighted by Crippen LogP contribution is -2.41. The second kappa shape index (κ2) is 11.5. The first-order chi connectivity index (χ1) is 15.9. The number of aryl methyl sites for hydroxylation is 1. The van der Waals surface area contributed by atoms with Crippen molar-refractivity contribution in [2.24, 2.45) is 0 Å². The summed E-state index contributed by atoms with van der Waals surface area (Å²) < 4.78 is 16.2. The molecule has 1 atom stereocenters. The lowest BCUT2D eigenvalue weighted by molar-refractivity contribution is -0.124. The van der Waals surface area contributed by atoms with Crippen LogP contribution < -0.4 is 14.4 Å². The van der Waals surface area contributed by atoms with Crippen LogP contribution in [0.15, 0.2) is 54.6 Å². The molecule has 0 radical (unpaired) electrons. The van der Waals surface area contributed by atoms with E-state index in [9.17, 15) is 9.59 Å². The second-order valence-electron chi connectivity index (χ2n) is 7.28. The molecule has 174 valence electrons. The number of benzene rings is 2. The van der Waals surface area contributed by atoms with Crippen LogP contribution in [0.3, 0.4) is 0 Å². The maximum Gasteiger partial charge on any atom is 0.358 e. The molecule has 0 saturated carbocycles. The average molecular weight is 469 g/mol. The highest BCUT2D eigenvalue weighted by molar-refractivity contribution is 7.16. The minimum Gasteiger partial charge on any atom is -0.497 e. The van der Waals surface area contributed by atoms with E-state index in [0.717, 1.165) is 5.56 Å². The van der Waals surface area contributed by atoms with Crippen LogP contribution in [0.1, 0.15) is 34.8 Å². The molecule has 0 N–H and O–H groups in total. The van der Waals surface area contributed by atoms with E-state index >= 15 is 0 Å². The maximum atomic E-state index is 13.4. The Labute approximate surface area is 197 Å². The lowest BCUT2D eigenvalue weighted by Gasteiger charge is -2.24. The second-order valence-corrected chi connectivity index (χ2v) is 8.46. The first kappa shape index (κ1) is 24.3. The molecule has 1 aromatic heterocycles. The van der Waals surface area contributed by atoms with Gasteiger partial charge < -0.3 is 14.2 Å². The maximum absolute atomic E-state index is 13.4. The van der Waals surface area contributed by atoms with Crippen LogP contribution in [-0.2, 0) is 16.0 Å². The summed E-state index contributed by atoms with van der Waals surface area (Å²) in [4.78, 5) is 32.4. The normalized spacial score (nSPS) is 11.5. The molecule has 0 aliphatic heterocycles. The number of thiazole rings is 1. The summed E-state index contributed by atoms with van der Waals surface area (Å²) >= 11 is 1.29. The van der Waals surface area contributed by atoms with Gasteiger partial charge >= 0.3 is 5.97 Å². The van der Waals surface area contributed by atoms with Crippen LogP contribution in [0.25, 0.3) is 0 Å². The molecule has 33 heavy (non-hydrogen) atoms. The Morgan fingerprint density at radius 2 is 1.73 bits per heavy atom. The van der Waals surface area contributed by atoms with Gasteiger partial charge in [-0.2, -0.15) is 0 Å². The number of methoxy groups -OCH3 is 1. The first-order valence-corrected chi connectivity index (χ1v) is 11.5. The van der Waals surface area contributed by atoms with Crippen molar-refractivity contribution in [3.8, 4) is 11.5 Å². The molecular formula is C25H28N2O5S. The number of ether oxygens (including phenoxy) is 3. The van der Waals surface area contributed by atoms with Gasteiger partial charge in [0.1, 0.15) is 11.5 Å². The van der Waals surface area contributed by atoms with Crippen LogP contribution in [0, 0.1) is 6.92 Å². The summed E-state index contributed by atoms with van der Waals surface area (Å²) in [5.41, 5.74) is 1.33. The van der Waals surface area contributed by atoms with E-state index in [1.807, 2.05) is 30.3 Å². The van der Waals surface area contributed by atoms with Gasteiger partial charge in [0.15, 0.2) is 16.9 Å². The van der Waals surface area contributed by atoms with Gasteiger partial charge in [-0.05, 0) is 57.0 Å². The molecule has 3 rings (SSSR count). The van der Waals surface area contributed by atoms with Crippen LogP contribution in [0.5, 0.6) is 11.5 Å². The molecule has 1 heterocycles. The molecule has 1 amide bonds. The highest BCUT2D eigenvalue weighted by Crippen LogP contribution is 2.28. The minimum absolute atomic E-state index is 0.234. The van der Waals surface area contributed by atoms with E-state index in [4.69, 9.17) is 14.2 Å². The van der Waals surface area contributed by atoms with E-state index in [2.05, 4.69) is 4.98 Å². The third-order valence-corrected chi connectivity index (χ3v) is 5.93. The Bertz CT molecular complexity index is 1070. The fourth-order valence-corrected chi connectivity index (χ4v) is 4.13. The molecule has 3 aromatic rings. The Morgan fingerprint density at radius 1 is 1.06 bits per heavy atom. The zero-order chi connectivity index (χ0) is 23.8. The molecule has 1 unspecified atom stereocenters. The van der Waals surface area contributed by atoms with Gasteiger partial charge in [-0.3, -0.25) is 9.69 Å². The van der Waals surface area contributed by atoms with E-state index in [1.54, 1.807) is 57.0 Å². The third kappa shape index (κ3) is 6.32. The van der Waals surface area contributed by atoms with Crippen LogP contribution in [0.2, 0.25) is 0 Å². The smallest absolute Gasteiger partial charge is 0.358 e. The van der Waals surface area contributed by atoms with Crippen molar-refractivity contribution < 1.29 is 23.8 Å². The Morgan fingerprint density at radius 3 is 2.36 bits per heavy atom. The number of hydrogen-bond donors (Lipinski definition) is 0. The van der Waals surface area contributed by atoms with Gasteiger partial charge in [-0.15, -0.1) is 11.3 Å². The number of esters is 1. The molecule has 0 bridgehead atoms. The molecule has 0 saturated heterocycles. The van der Waals surface area contributed by atoms with Crippen LogP contribution >= 0.6 is 11.3 Å². The number of anilines is 1. The molecule has 8 heteroatoms. The fourth-order valence-electron chi connectivity index (χ4n) is 3.20. The zero-order valence-electron chi connectivity index (χ0n) is 19.2.